The lowest BCUT2D eigenvalue weighted by Gasteiger charge is -2.12. The Hall–Kier alpha value is -1.18. The zero-order valence-electron chi connectivity index (χ0n) is 9.55. The van der Waals surface area contributed by atoms with E-state index in [-0.39, 0.29) is 0 Å². The Morgan fingerprint density at radius 3 is 2.87 bits per heavy atom. The van der Waals surface area contributed by atoms with Crippen LogP contribution in [0.1, 0.15) is 30.9 Å². The van der Waals surface area contributed by atoms with Gasteiger partial charge in [-0.05, 0) is 48.4 Å². The predicted molar refractivity (Wildman–Crippen MR) is 63.2 cm³/mol. The zero-order valence-corrected chi connectivity index (χ0v) is 9.55. The molecule has 2 heteroatoms. The van der Waals surface area contributed by atoms with Crippen molar-refractivity contribution in [1.29, 1.82) is 0 Å². The maximum atomic E-state index is 5.93. The van der Waals surface area contributed by atoms with Gasteiger partial charge in [-0.1, -0.05) is 13.3 Å². The zero-order chi connectivity index (χ0) is 10.8. The normalized spacial score (nSPS) is 20.5. The van der Waals surface area contributed by atoms with E-state index in [0.29, 0.717) is 0 Å². The monoisotopic (exact) mass is 205 g/mol. The fourth-order valence-corrected chi connectivity index (χ4v) is 2.40. The lowest BCUT2D eigenvalue weighted by atomic mass is 9.98. The van der Waals surface area contributed by atoms with E-state index in [4.69, 9.17) is 10.5 Å². The van der Waals surface area contributed by atoms with E-state index in [0.717, 1.165) is 30.2 Å². The van der Waals surface area contributed by atoms with Crippen molar-refractivity contribution in [3.8, 4) is 5.75 Å². The summed E-state index contributed by atoms with van der Waals surface area (Å²) in [6.07, 6.45) is 4.91. The van der Waals surface area contributed by atoms with Crippen LogP contribution in [0.15, 0.2) is 12.1 Å². The highest BCUT2D eigenvalue weighted by Crippen LogP contribution is 2.31. The molecule has 0 fully saturated rings. The first kappa shape index (κ1) is 10.3. The number of ether oxygens (including phenoxy) is 1. The quantitative estimate of drug-likeness (QED) is 0.565. The molecular formula is C13H19NO. The Kier molecular flexibility index (Phi) is 2.85. The minimum Gasteiger partial charge on any atom is -0.495 e. The number of nitrogen functional groups attached to an aromatic ring is 1. The van der Waals surface area contributed by atoms with E-state index in [1.54, 1.807) is 7.11 Å². The fraction of sp³-hybridized carbons (Fsp3) is 0.538. The van der Waals surface area contributed by atoms with Crippen molar-refractivity contribution in [2.24, 2.45) is 5.92 Å². The largest absolute Gasteiger partial charge is 0.495 e. The van der Waals surface area contributed by atoms with Crippen LogP contribution in [-0.2, 0) is 12.8 Å². The lowest BCUT2D eigenvalue weighted by molar-refractivity contribution is 0.416. The summed E-state index contributed by atoms with van der Waals surface area (Å²) in [6, 6.07) is 4.21. The summed E-state index contributed by atoms with van der Waals surface area (Å²) >= 11 is 0. The van der Waals surface area contributed by atoms with E-state index in [1.807, 2.05) is 0 Å². The predicted octanol–water partition coefficient (Wildman–Crippen LogP) is 2.79. The standard InChI is InChI=1S/C13H19NO/c1-9-4-3-5-10-8-13(15-2)12(14)7-11(10)6-9/h7-9H,3-6,14H2,1-2H3. The molecule has 2 nitrogen and oxygen atoms in total. The fourth-order valence-electron chi connectivity index (χ4n) is 2.40. The summed E-state index contributed by atoms with van der Waals surface area (Å²) in [6.45, 7) is 2.32. The number of hydrogen-bond donors (Lipinski definition) is 1. The van der Waals surface area contributed by atoms with Gasteiger partial charge in [0.15, 0.2) is 0 Å². The van der Waals surface area contributed by atoms with Crippen molar-refractivity contribution >= 4 is 5.69 Å². The molecule has 82 valence electrons. The van der Waals surface area contributed by atoms with E-state index in [1.165, 1.54) is 24.0 Å². The Morgan fingerprint density at radius 2 is 2.13 bits per heavy atom. The van der Waals surface area contributed by atoms with Gasteiger partial charge in [0.2, 0.25) is 0 Å². The number of anilines is 1. The van der Waals surface area contributed by atoms with Crippen LogP contribution in [0.3, 0.4) is 0 Å². The van der Waals surface area contributed by atoms with Crippen molar-refractivity contribution in [1.82, 2.24) is 0 Å². The first-order chi connectivity index (χ1) is 7.20. The molecule has 0 amide bonds. The van der Waals surface area contributed by atoms with E-state index < -0.39 is 0 Å². The van der Waals surface area contributed by atoms with Crippen LogP contribution >= 0.6 is 0 Å². The van der Waals surface area contributed by atoms with Crippen molar-refractivity contribution in [3.05, 3.63) is 23.3 Å². The van der Waals surface area contributed by atoms with Crippen molar-refractivity contribution in [2.75, 3.05) is 12.8 Å². The third-order valence-electron chi connectivity index (χ3n) is 3.26. The second kappa shape index (κ2) is 4.13. The van der Waals surface area contributed by atoms with Gasteiger partial charge in [-0.25, -0.2) is 0 Å². The van der Waals surface area contributed by atoms with Crippen LogP contribution < -0.4 is 10.5 Å². The number of rotatable bonds is 1. The second-order valence-electron chi connectivity index (χ2n) is 4.56. The van der Waals surface area contributed by atoms with E-state index >= 15 is 0 Å². The topological polar surface area (TPSA) is 35.2 Å². The first-order valence-corrected chi connectivity index (χ1v) is 5.66. The van der Waals surface area contributed by atoms with Crippen molar-refractivity contribution in [2.45, 2.75) is 32.6 Å². The molecular weight excluding hydrogens is 186 g/mol. The van der Waals surface area contributed by atoms with Gasteiger partial charge in [0.1, 0.15) is 5.75 Å². The van der Waals surface area contributed by atoms with E-state index in [2.05, 4.69) is 19.1 Å². The summed E-state index contributed by atoms with van der Waals surface area (Å²) in [4.78, 5) is 0. The molecule has 15 heavy (non-hydrogen) atoms. The summed E-state index contributed by atoms with van der Waals surface area (Å²) < 4.78 is 5.25. The summed E-state index contributed by atoms with van der Waals surface area (Å²) in [7, 11) is 1.68. The third-order valence-corrected chi connectivity index (χ3v) is 3.26. The Balaban J connectivity index is 2.39. The summed E-state index contributed by atoms with van der Waals surface area (Å²) in [5.41, 5.74) is 9.53. The van der Waals surface area contributed by atoms with Gasteiger partial charge in [0.05, 0.1) is 12.8 Å². The smallest absolute Gasteiger partial charge is 0.142 e. The van der Waals surface area contributed by atoms with Gasteiger partial charge >= 0.3 is 0 Å². The number of aryl methyl sites for hydroxylation is 1. The minimum absolute atomic E-state index is 0.769. The Morgan fingerprint density at radius 1 is 1.33 bits per heavy atom. The molecule has 1 aromatic carbocycles. The van der Waals surface area contributed by atoms with Gasteiger partial charge in [-0.3, -0.25) is 0 Å². The minimum atomic E-state index is 0.769. The molecule has 1 atom stereocenters. The molecule has 1 aliphatic carbocycles. The third kappa shape index (κ3) is 2.09. The lowest BCUT2D eigenvalue weighted by Crippen LogP contribution is -2.01. The number of benzene rings is 1. The molecule has 0 spiro atoms. The molecule has 0 radical (unpaired) electrons. The Labute approximate surface area is 91.4 Å². The average Bonchev–Trinajstić information content (AvgIpc) is 2.37. The molecule has 0 heterocycles. The molecule has 2 N–H and O–H groups in total. The van der Waals surface area contributed by atoms with Gasteiger partial charge < -0.3 is 10.5 Å². The summed E-state index contributed by atoms with van der Waals surface area (Å²) in [5, 5.41) is 0. The van der Waals surface area contributed by atoms with Crippen LogP contribution in [0.5, 0.6) is 5.75 Å². The van der Waals surface area contributed by atoms with Crippen LogP contribution in [0.4, 0.5) is 5.69 Å². The Bertz CT molecular complexity index is 360. The summed E-state index contributed by atoms with van der Waals surface area (Å²) in [5.74, 6) is 1.60. The van der Waals surface area contributed by atoms with Gasteiger partial charge in [0, 0.05) is 0 Å². The molecule has 2 rings (SSSR count). The van der Waals surface area contributed by atoms with Crippen molar-refractivity contribution < 1.29 is 4.74 Å². The van der Waals surface area contributed by atoms with Gasteiger partial charge in [-0.15, -0.1) is 0 Å². The second-order valence-corrected chi connectivity index (χ2v) is 4.56. The first-order valence-electron chi connectivity index (χ1n) is 5.66. The highest BCUT2D eigenvalue weighted by molar-refractivity contribution is 5.57. The van der Waals surface area contributed by atoms with Crippen LogP contribution in [0, 0.1) is 5.92 Å². The number of fused-ring (bicyclic) bond motifs is 1. The van der Waals surface area contributed by atoms with Gasteiger partial charge in [0.25, 0.3) is 0 Å². The maximum Gasteiger partial charge on any atom is 0.142 e. The highest BCUT2D eigenvalue weighted by atomic mass is 16.5. The number of nitrogens with two attached hydrogens (primary N) is 1. The molecule has 0 bridgehead atoms. The highest BCUT2D eigenvalue weighted by Gasteiger charge is 2.15. The van der Waals surface area contributed by atoms with E-state index in [9.17, 15) is 0 Å². The molecule has 1 unspecified atom stereocenters. The molecule has 1 aromatic rings. The maximum absolute atomic E-state index is 5.93. The molecule has 0 saturated carbocycles. The van der Waals surface area contributed by atoms with Crippen molar-refractivity contribution in [3.63, 3.8) is 0 Å². The molecule has 1 aliphatic rings. The number of hydrogen-bond acceptors (Lipinski definition) is 2. The average molecular weight is 205 g/mol. The molecule has 0 saturated heterocycles. The number of methoxy groups -OCH3 is 1. The molecule has 0 aliphatic heterocycles. The molecule has 0 aromatic heterocycles. The van der Waals surface area contributed by atoms with Gasteiger partial charge in [-0.2, -0.15) is 0 Å². The SMILES string of the molecule is COc1cc2c(cc1N)CC(C)CCC2. The van der Waals surface area contributed by atoms with Crippen LogP contribution in [-0.4, -0.2) is 7.11 Å². The van der Waals surface area contributed by atoms with Crippen LogP contribution in [0.2, 0.25) is 0 Å². The van der Waals surface area contributed by atoms with Crippen LogP contribution in [0.25, 0.3) is 0 Å².